The highest BCUT2D eigenvalue weighted by Gasteiger charge is 2.14. The Balaban J connectivity index is 2.03. The van der Waals surface area contributed by atoms with Crippen LogP contribution in [0, 0.1) is 0 Å². The van der Waals surface area contributed by atoms with Gasteiger partial charge in [0.25, 0.3) is 0 Å². The maximum absolute atomic E-state index is 4.54. The molecule has 2 aromatic heterocycles. The van der Waals surface area contributed by atoms with Crippen LogP contribution in [0.2, 0.25) is 0 Å². The Morgan fingerprint density at radius 1 is 1.29 bits per heavy atom. The molecule has 0 bridgehead atoms. The molecule has 0 aliphatic carbocycles. The van der Waals surface area contributed by atoms with Crippen LogP contribution in [-0.4, -0.2) is 22.6 Å². The molecule has 1 N–H and O–H groups in total. The van der Waals surface area contributed by atoms with E-state index in [-0.39, 0.29) is 0 Å². The van der Waals surface area contributed by atoms with Gasteiger partial charge in [0.05, 0.1) is 6.54 Å². The first-order chi connectivity index (χ1) is 10.2. The summed E-state index contributed by atoms with van der Waals surface area (Å²) in [5, 5.41) is 5.48. The third kappa shape index (κ3) is 4.79. The number of hydrogen-bond acceptors (Lipinski definition) is 5. The van der Waals surface area contributed by atoms with Crippen molar-refractivity contribution in [2.24, 2.45) is 0 Å². The van der Waals surface area contributed by atoms with Gasteiger partial charge >= 0.3 is 0 Å². The van der Waals surface area contributed by atoms with Gasteiger partial charge in [-0.25, -0.2) is 9.97 Å². The largest absolute Gasteiger partial charge is 0.333 e. The minimum absolute atomic E-state index is 0.371. The van der Waals surface area contributed by atoms with Crippen molar-refractivity contribution < 1.29 is 0 Å². The summed E-state index contributed by atoms with van der Waals surface area (Å²) in [5.74, 6) is 0.803. The maximum Gasteiger partial charge on any atom is 0.225 e. The molecule has 0 spiro atoms. The van der Waals surface area contributed by atoms with Gasteiger partial charge in [-0.2, -0.15) is 0 Å². The molecule has 4 nitrogen and oxygen atoms in total. The molecule has 2 rings (SSSR count). The molecule has 0 radical (unpaired) electrons. The molecule has 114 valence electrons. The number of thiophene rings is 1. The van der Waals surface area contributed by atoms with Crippen molar-refractivity contribution in [1.29, 1.82) is 0 Å². The lowest BCUT2D eigenvalue weighted by atomic mass is 10.3. The minimum atomic E-state index is 0.371. The van der Waals surface area contributed by atoms with Crippen LogP contribution in [0.25, 0.3) is 0 Å². The average Bonchev–Trinajstić information content (AvgIpc) is 2.99. The molecule has 0 aliphatic rings. The third-order valence-corrected chi connectivity index (χ3v) is 4.10. The highest BCUT2D eigenvalue weighted by Crippen LogP contribution is 2.18. The summed E-state index contributed by atoms with van der Waals surface area (Å²) in [6, 6.07) is 4.61. The van der Waals surface area contributed by atoms with Crippen molar-refractivity contribution in [3.63, 3.8) is 0 Å². The summed E-state index contributed by atoms with van der Waals surface area (Å²) < 4.78 is 0. The van der Waals surface area contributed by atoms with E-state index in [1.807, 2.05) is 12.4 Å². The van der Waals surface area contributed by atoms with E-state index in [1.165, 1.54) is 4.88 Å². The molecule has 0 unspecified atom stereocenters. The summed E-state index contributed by atoms with van der Waals surface area (Å²) in [7, 11) is 0. The van der Waals surface area contributed by atoms with Crippen LogP contribution < -0.4 is 10.2 Å². The van der Waals surface area contributed by atoms with Crippen molar-refractivity contribution in [3.8, 4) is 0 Å². The van der Waals surface area contributed by atoms with Gasteiger partial charge in [0.1, 0.15) is 0 Å². The van der Waals surface area contributed by atoms with E-state index in [0.29, 0.717) is 6.04 Å². The molecule has 0 fully saturated rings. The Bertz CT molecular complexity index is 508. The van der Waals surface area contributed by atoms with Gasteiger partial charge in [0.15, 0.2) is 0 Å². The second kappa shape index (κ2) is 8.10. The van der Waals surface area contributed by atoms with E-state index in [4.69, 9.17) is 0 Å². The molecular formula is C16H24N4S. The maximum atomic E-state index is 4.54. The summed E-state index contributed by atoms with van der Waals surface area (Å²) in [4.78, 5) is 12.6. The Labute approximate surface area is 131 Å². The van der Waals surface area contributed by atoms with Gasteiger partial charge in [-0.3, -0.25) is 0 Å². The first-order valence-electron chi connectivity index (χ1n) is 7.51. The van der Waals surface area contributed by atoms with Crippen LogP contribution in [-0.2, 0) is 13.1 Å². The van der Waals surface area contributed by atoms with Crippen LogP contribution in [0.4, 0.5) is 5.95 Å². The molecule has 5 heteroatoms. The average molecular weight is 304 g/mol. The number of nitrogens with zero attached hydrogens (tertiary/aromatic N) is 3. The lowest BCUT2D eigenvalue weighted by Crippen LogP contribution is -2.31. The topological polar surface area (TPSA) is 41.1 Å². The molecule has 0 amide bonds. The number of aromatic nitrogens is 2. The van der Waals surface area contributed by atoms with E-state index < -0.39 is 0 Å². The Hall–Kier alpha value is -1.46. The number of anilines is 1. The van der Waals surface area contributed by atoms with Crippen molar-refractivity contribution in [1.82, 2.24) is 15.3 Å². The van der Waals surface area contributed by atoms with E-state index in [0.717, 1.165) is 37.6 Å². The van der Waals surface area contributed by atoms with Crippen LogP contribution in [0.1, 0.15) is 37.6 Å². The first kappa shape index (κ1) is 15.9. The quantitative estimate of drug-likeness (QED) is 0.758. The number of nitrogens with one attached hydrogen (secondary N) is 1. The van der Waals surface area contributed by atoms with E-state index >= 15 is 0 Å². The summed E-state index contributed by atoms with van der Waals surface area (Å²) in [6.07, 6.45) is 4.99. The van der Waals surface area contributed by atoms with E-state index in [1.54, 1.807) is 11.3 Å². The third-order valence-electron chi connectivity index (χ3n) is 3.23. The van der Waals surface area contributed by atoms with Crippen LogP contribution >= 0.6 is 11.3 Å². The fourth-order valence-electron chi connectivity index (χ4n) is 2.05. The van der Waals surface area contributed by atoms with Crippen molar-refractivity contribution in [2.75, 3.05) is 11.4 Å². The Kier molecular flexibility index (Phi) is 6.14. The van der Waals surface area contributed by atoms with Gasteiger partial charge in [0.2, 0.25) is 5.95 Å². The van der Waals surface area contributed by atoms with Crippen LogP contribution in [0.5, 0.6) is 0 Å². The highest BCUT2D eigenvalue weighted by molar-refractivity contribution is 7.09. The zero-order chi connectivity index (χ0) is 15.1. The molecule has 0 saturated carbocycles. The lowest BCUT2D eigenvalue weighted by Gasteiger charge is -2.26. The van der Waals surface area contributed by atoms with Gasteiger partial charge < -0.3 is 10.2 Å². The molecule has 0 saturated heterocycles. The fraction of sp³-hybridized carbons (Fsp3) is 0.500. The fourth-order valence-corrected chi connectivity index (χ4v) is 2.75. The van der Waals surface area contributed by atoms with Gasteiger partial charge in [-0.15, -0.1) is 11.3 Å². The van der Waals surface area contributed by atoms with Crippen LogP contribution in [0.15, 0.2) is 29.9 Å². The smallest absolute Gasteiger partial charge is 0.225 e. The molecule has 0 atom stereocenters. The zero-order valence-electron chi connectivity index (χ0n) is 13.0. The van der Waals surface area contributed by atoms with Crippen molar-refractivity contribution >= 4 is 17.3 Å². The second-order valence-corrected chi connectivity index (χ2v) is 6.40. The summed E-state index contributed by atoms with van der Waals surface area (Å²) in [6.45, 7) is 9.24. The predicted octanol–water partition coefficient (Wildman–Crippen LogP) is 3.45. The lowest BCUT2D eigenvalue weighted by molar-refractivity contribution is 0.654. The molecule has 21 heavy (non-hydrogen) atoms. The van der Waals surface area contributed by atoms with Gasteiger partial charge in [-0.1, -0.05) is 13.0 Å². The number of rotatable bonds is 8. The first-order valence-corrected chi connectivity index (χ1v) is 8.39. The zero-order valence-corrected chi connectivity index (χ0v) is 13.9. The van der Waals surface area contributed by atoms with Crippen LogP contribution in [0.3, 0.4) is 0 Å². The SMILES string of the molecule is CCCNCc1cnc(N(Cc2cccs2)C(C)C)nc1. The van der Waals surface area contributed by atoms with Gasteiger partial charge in [-0.05, 0) is 38.3 Å². The summed E-state index contributed by atoms with van der Waals surface area (Å²) >= 11 is 1.77. The summed E-state index contributed by atoms with van der Waals surface area (Å²) in [5.41, 5.74) is 1.13. The Morgan fingerprint density at radius 3 is 2.62 bits per heavy atom. The standard InChI is InChI=1S/C16H24N4S/c1-4-7-17-9-14-10-18-16(19-11-14)20(13(2)3)12-15-6-5-8-21-15/h5-6,8,10-11,13,17H,4,7,9,12H2,1-3H3. The highest BCUT2D eigenvalue weighted by atomic mass is 32.1. The Morgan fingerprint density at radius 2 is 2.05 bits per heavy atom. The molecular weight excluding hydrogens is 280 g/mol. The molecule has 0 aromatic carbocycles. The molecule has 2 heterocycles. The van der Waals surface area contributed by atoms with Gasteiger partial charge in [0, 0.05) is 35.4 Å². The van der Waals surface area contributed by atoms with Crippen molar-refractivity contribution in [2.45, 2.75) is 46.3 Å². The predicted molar refractivity (Wildman–Crippen MR) is 89.7 cm³/mol. The van der Waals surface area contributed by atoms with Crippen molar-refractivity contribution in [3.05, 3.63) is 40.3 Å². The van der Waals surface area contributed by atoms with E-state index in [2.05, 4.69) is 58.5 Å². The van der Waals surface area contributed by atoms with E-state index in [9.17, 15) is 0 Å². The number of hydrogen-bond donors (Lipinski definition) is 1. The molecule has 0 aliphatic heterocycles. The normalized spacial score (nSPS) is 11.0. The molecule has 2 aromatic rings. The monoisotopic (exact) mass is 304 g/mol. The minimum Gasteiger partial charge on any atom is -0.333 e. The second-order valence-electron chi connectivity index (χ2n) is 5.37.